The fourth-order valence-corrected chi connectivity index (χ4v) is 2.77. The van der Waals surface area contributed by atoms with E-state index in [0.717, 1.165) is 30.4 Å². The maximum atomic E-state index is 9.60. The number of nitrogens with one attached hydrogen (secondary N) is 1. The first kappa shape index (κ1) is 13.8. The molecule has 100 valence electrons. The monoisotopic (exact) mass is 312 g/mol. The lowest BCUT2D eigenvalue weighted by atomic mass is 10.0. The molecule has 2 rings (SSSR count). The van der Waals surface area contributed by atoms with Gasteiger partial charge < -0.3 is 15.3 Å². The van der Waals surface area contributed by atoms with Crippen molar-refractivity contribution in [2.75, 3.05) is 25.0 Å². The summed E-state index contributed by atoms with van der Waals surface area (Å²) in [5.41, 5.74) is 2.59. The van der Waals surface area contributed by atoms with Gasteiger partial charge in [0.05, 0.1) is 6.10 Å². The Morgan fingerprint density at radius 3 is 2.67 bits per heavy atom. The first-order valence-electron chi connectivity index (χ1n) is 6.51. The van der Waals surface area contributed by atoms with Crippen LogP contribution in [0.15, 0.2) is 22.7 Å². The molecule has 0 saturated carbocycles. The molecule has 1 fully saturated rings. The van der Waals surface area contributed by atoms with Crippen molar-refractivity contribution in [2.24, 2.45) is 0 Å². The predicted octanol–water partition coefficient (Wildman–Crippen LogP) is 2.69. The fourth-order valence-electron chi connectivity index (χ4n) is 2.42. The number of aliphatic hydroxyl groups is 1. The Labute approximate surface area is 117 Å². The summed E-state index contributed by atoms with van der Waals surface area (Å²) in [6.07, 6.45) is 1.60. The molecule has 1 unspecified atom stereocenters. The van der Waals surface area contributed by atoms with Crippen LogP contribution >= 0.6 is 15.9 Å². The largest absolute Gasteiger partial charge is 0.393 e. The zero-order chi connectivity index (χ0) is 13.1. The first-order valence-corrected chi connectivity index (χ1v) is 7.31. The molecule has 1 aromatic rings. The summed E-state index contributed by atoms with van der Waals surface area (Å²) in [6.45, 7) is 4.04. The molecular weight excluding hydrogens is 292 g/mol. The molecule has 0 aliphatic carbocycles. The van der Waals surface area contributed by atoms with Crippen LogP contribution in [-0.4, -0.2) is 31.3 Å². The van der Waals surface area contributed by atoms with E-state index in [1.165, 1.54) is 11.3 Å². The molecule has 0 amide bonds. The molecule has 3 nitrogen and oxygen atoms in total. The minimum atomic E-state index is -0.126. The number of anilines is 1. The highest BCUT2D eigenvalue weighted by atomic mass is 79.9. The lowest BCUT2D eigenvalue weighted by Crippen LogP contribution is -2.36. The molecule has 0 bridgehead atoms. The molecule has 1 heterocycles. The molecule has 1 aliphatic rings. The summed E-state index contributed by atoms with van der Waals surface area (Å²) in [6, 6.07) is 6.78. The fraction of sp³-hybridized carbons (Fsp3) is 0.571. The van der Waals surface area contributed by atoms with Crippen molar-refractivity contribution >= 4 is 21.6 Å². The highest BCUT2D eigenvalue weighted by Gasteiger charge is 2.20. The third kappa shape index (κ3) is 3.05. The Kier molecular flexibility index (Phi) is 4.65. The standard InChI is InChI=1S/C14H21BrN2O/c1-10(16-2)13-4-3-11(15)9-14(13)17-7-5-12(18)6-8-17/h3-4,9-10,12,16,18H,5-8H2,1-2H3. The molecular formula is C14H21BrN2O. The van der Waals surface area contributed by atoms with Gasteiger partial charge in [0.2, 0.25) is 0 Å². The van der Waals surface area contributed by atoms with Crippen molar-refractivity contribution in [3.05, 3.63) is 28.2 Å². The smallest absolute Gasteiger partial charge is 0.0574 e. The van der Waals surface area contributed by atoms with Crippen molar-refractivity contribution < 1.29 is 5.11 Å². The third-order valence-electron chi connectivity index (χ3n) is 3.70. The number of hydrogen-bond acceptors (Lipinski definition) is 3. The van der Waals surface area contributed by atoms with Crippen LogP contribution in [0.3, 0.4) is 0 Å². The molecule has 0 aromatic heterocycles. The maximum Gasteiger partial charge on any atom is 0.0574 e. The van der Waals surface area contributed by atoms with Gasteiger partial charge in [-0.05, 0) is 44.5 Å². The van der Waals surface area contributed by atoms with E-state index in [2.05, 4.69) is 51.3 Å². The number of aliphatic hydroxyl groups excluding tert-OH is 1. The zero-order valence-corrected chi connectivity index (χ0v) is 12.6. The molecule has 0 radical (unpaired) electrons. The van der Waals surface area contributed by atoms with Crippen LogP contribution in [0, 0.1) is 0 Å². The molecule has 1 aliphatic heterocycles. The molecule has 0 spiro atoms. The maximum absolute atomic E-state index is 9.60. The van der Waals surface area contributed by atoms with Crippen LogP contribution in [0.4, 0.5) is 5.69 Å². The highest BCUT2D eigenvalue weighted by molar-refractivity contribution is 9.10. The second kappa shape index (κ2) is 6.04. The van der Waals surface area contributed by atoms with Gasteiger partial charge in [-0.1, -0.05) is 22.0 Å². The van der Waals surface area contributed by atoms with Gasteiger partial charge in [-0.3, -0.25) is 0 Å². The molecule has 4 heteroatoms. The Bertz CT molecular complexity index is 403. The number of rotatable bonds is 3. The summed E-state index contributed by atoms with van der Waals surface area (Å²) in [5, 5.41) is 12.9. The number of halogens is 1. The number of benzene rings is 1. The van der Waals surface area contributed by atoms with Gasteiger partial charge in [-0.15, -0.1) is 0 Å². The van der Waals surface area contributed by atoms with E-state index in [-0.39, 0.29) is 6.10 Å². The lowest BCUT2D eigenvalue weighted by molar-refractivity contribution is 0.145. The Morgan fingerprint density at radius 2 is 2.06 bits per heavy atom. The van der Waals surface area contributed by atoms with E-state index in [9.17, 15) is 5.11 Å². The molecule has 1 saturated heterocycles. The van der Waals surface area contributed by atoms with E-state index in [4.69, 9.17) is 0 Å². The van der Waals surface area contributed by atoms with Crippen molar-refractivity contribution in [1.29, 1.82) is 0 Å². The van der Waals surface area contributed by atoms with Crippen LogP contribution in [0.1, 0.15) is 31.4 Å². The normalized spacial score (nSPS) is 19.0. The summed E-state index contributed by atoms with van der Waals surface area (Å²) in [4.78, 5) is 2.38. The van der Waals surface area contributed by atoms with Crippen molar-refractivity contribution in [1.82, 2.24) is 5.32 Å². The molecule has 1 atom stereocenters. The predicted molar refractivity (Wildman–Crippen MR) is 79.1 cm³/mol. The van der Waals surface area contributed by atoms with Crippen molar-refractivity contribution in [3.8, 4) is 0 Å². The van der Waals surface area contributed by atoms with Gasteiger partial charge in [0.1, 0.15) is 0 Å². The van der Waals surface area contributed by atoms with E-state index in [1.807, 2.05) is 7.05 Å². The summed E-state index contributed by atoms with van der Waals surface area (Å²) in [5.74, 6) is 0. The van der Waals surface area contributed by atoms with Crippen molar-refractivity contribution in [3.63, 3.8) is 0 Å². The van der Waals surface area contributed by atoms with Gasteiger partial charge in [-0.2, -0.15) is 0 Å². The van der Waals surface area contributed by atoms with Gasteiger partial charge in [0.25, 0.3) is 0 Å². The van der Waals surface area contributed by atoms with Gasteiger partial charge in [0, 0.05) is 29.3 Å². The van der Waals surface area contributed by atoms with Crippen LogP contribution in [0.25, 0.3) is 0 Å². The van der Waals surface area contributed by atoms with Gasteiger partial charge in [-0.25, -0.2) is 0 Å². The number of nitrogens with zero attached hydrogens (tertiary/aromatic N) is 1. The van der Waals surface area contributed by atoms with Crippen molar-refractivity contribution in [2.45, 2.75) is 31.9 Å². The van der Waals surface area contributed by atoms with E-state index < -0.39 is 0 Å². The van der Waals surface area contributed by atoms with E-state index in [0.29, 0.717) is 6.04 Å². The highest BCUT2D eigenvalue weighted by Crippen LogP contribution is 2.31. The average Bonchev–Trinajstić information content (AvgIpc) is 2.38. The summed E-state index contributed by atoms with van der Waals surface area (Å²) >= 11 is 3.55. The first-order chi connectivity index (χ1) is 8.61. The minimum Gasteiger partial charge on any atom is -0.393 e. The minimum absolute atomic E-state index is 0.126. The summed E-state index contributed by atoms with van der Waals surface area (Å²) in [7, 11) is 1.98. The Balaban J connectivity index is 2.27. The molecule has 18 heavy (non-hydrogen) atoms. The number of piperidine rings is 1. The van der Waals surface area contributed by atoms with Crippen LogP contribution in [-0.2, 0) is 0 Å². The topological polar surface area (TPSA) is 35.5 Å². The van der Waals surface area contributed by atoms with E-state index in [1.54, 1.807) is 0 Å². The van der Waals surface area contributed by atoms with E-state index >= 15 is 0 Å². The second-order valence-corrected chi connectivity index (χ2v) is 5.85. The lowest BCUT2D eigenvalue weighted by Gasteiger charge is -2.34. The van der Waals surface area contributed by atoms with Gasteiger partial charge >= 0.3 is 0 Å². The quantitative estimate of drug-likeness (QED) is 0.901. The Morgan fingerprint density at radius 1 is 1.39 bits per heavy atom. The Hall–Kier alpha value is -0.580. The number of hydrogen-bond donors (Lipinski definition) is 2. The van der Waals surface area contributed by atoms with Crippen LogP contribution in [0.5, 0.6) is 0 Å². The molecule has 1 aromatic carbocycles. The average molecular weight is 313 g/mol. The third-order valence-corrected chi connectivity index (χ3v) is 4.19. The zero-order valence-electron chi connectivity index (χ0n) is 11.0. The van der Waals surface area contributed by atoms with Gasteiger partial charge in [0.15, 0.2) is 0 Å². The second-order valence-electron chi connectivity index (χ2n) is 4.93. The van der Waals surface area contributed by atoms with Crippen LogP contribution < -0.4 is 10.2 Å². The SMILES string of the molecule is CNC(C)c1ccc(Br)cc1N1CCC(O)CC1. The summed E-state index contributed by atoms with van der Waals surface area (Å²) < 4.78 is 1.11. The molecule has 2 N–H and O–H groups in total. The van der Waals surface area contributed by atoms with Crippen LogP contribution in [0.2, 0.25) is 0 Å².